The number of hydrogen-bond donors (Lipinski definition) is 2. The number of carbonyl (C=O) groups excluding carboxylic acids is 1. The monoisotopic (exact) mass is 350 g/mol. The van der Waals surface area contributed by atoms with Crippen LogP contribution in [0.1, 0.15) is 75.8 Å². The first-order valence-electron chi connectivity index (χ1n) is 8.61. The number of fused-ring (bicyclic) bond motifs is 1. The Labute approximate surface area is 149 Å². The Hall–Kier alpha value is -0.840. The van der Waals surface area contributed by atoms with Crippen LogP contribution in [-0.4, -0.2) is 27.2 Å². The maximum absolute atomic E-state index is 11.1. The number of hydrogen-bond acceptors (Lipinski definition) is 4. The van der Waals surface area contributed by atoms with E-state index < -0.39 is 12.2 Å². The quantitative estimate of drug-likeness (QED) is 0.861. The molecule has 1 aliphatic carbocycles. The van der Waals surface area contributed by atoms with Gasteiger partial charge in [-0.25, -0.2) is 0 Å². The van der Waals surface area contributed by atoms with Crippen molar-refractivity contribution in [2.45, 2.75) is 77.4 Å². The number of aliphatic hydroxyl groups excluding tert-OH is 2. The van der Waals surface area contributed by atoms with Crippen molar-refractivity contribution in [2.75, 3.05) is 5.75 Å². The molecule has 0 bridgehead atoms. The van der Waals surface area contributed by atoms with E-state index in [2.05, 4.69) is 39.8 Å². The van der Waals surface area contributed by atoms with Crippen LogP contribution in [-0.2, 0) is 15.6 Å². The second-order valence-electron chi connectivity index (χ2n) is 8.34. The summed E-state index contributed by atoms with van der Waals surface area (Å²) in [5, 5.41) is 20.8. The first-order valence-corrected chi connectivity index (χ1v) is 9.59. The minimum Gasteiger partial charge on any atom is -0.389 e. The Kier molecular flexibility index (Phi) is 5.53. The zero-order valence-corrected chi connectivity index (χ0v) is 16.5. The van der Waals surface area contributed by atoms with Crippen LogP contribution in [0.5, 0.6) is 0 Å². The summed E-state index contributed by atoms with van der Waals surface area (Å²) in [4.78, 5) is 11.1. The van der Waals surface area contributed by atoms with Crippen LogP contribution in [0.3, 0.4) is 0 Å². The SMILES string of the molecule is CC(=O)SCC(O)C(O)c1cc2c(cc1C)C(C)(C)CCC2(C)C. The number of benzene rings is 1. The summed E-state index contributed by atoms with van der Waals surface area (Å²) in [6.45, 7) is 12.5. The lowest BCUT2D eigenvalue weighted by atomic mass is 9.62. The lowest BCUT2D eigenvalue weighted by Gasteiger charge is -2.42. The lowest BCUT2D eigenvalue weighted by molar-refractivity contribution is -0.109. The van der Waals surface area contributed by atoms with Gasteiger partial charge in [0.05, 0.1) is 6.10 Å². The molecule has 0 saturated heterocycles. The van der Waals surface area contributed by atoms with E-state index in [1.807, 2.05) is 6.92 Å². The van der Waals surface area contributed by atoms with E-state index in [1.165, 1.54) is 18.1 Å². The van der Waals surface area contributed by atoms with Crippen LogP contribution in [0.15, 0.2) is 12.1 Å². The average molecular weight is 351 g/mol. The van der Waals surface area contributed by atoms with Gasteiger partial charge in [-0.3, -0.25) is 4.79 Å². The van der Waals surface area contributed by atoms with Crippen LogP contribution in [0.2, 0.25) is 0 Å². The van der Waals surface area contributed by atoms with Crippen LogP contribution < -0.4 is 0 Å². The number of carbonyl (C=O) groups is 1. The summed E-state index contributed by atoms with van der Waals surface area (Å²) in [6.07, 6.45) is 0.332. The predicted molar refractivity (Wildman–Crippen MR) is 101 cm³/mol. The fraction of sp³-hybridized carbons (Fsp3) is 0.650. The third-order valence-electron chi connectivity index (χ3n) is 5.38. The topological polar surface area (TPSA) is 57.5 Å². The van der Waals surface area contributed by atoms with Gasteiger partial charge in [-0.05, 0) is 52.8 Å². The van der Waals surface area contributed by atoms with E-state index in [0.29, 0.717) is 0 Å². The van der Waals surface area contributed by atoms with Crippen molar-refractivity contribution in [3.8, 4) is 0 Å². The van der Waals surface area contributed by atoms with Crippen molar-refractivity contribution >= 4 is 16.9 Å². The van der Waals surface area contributed by atoms with Gasteiger partial charge < -0.3 is 10.2 Å². The average Bonchev–Trinajstić information content (AvgIpc) is 2.48. The lowest BCUT2D eigenvalue weighted by Crippen LogP contribution is -2.34. The molecule has 0 amide bonds. The van der Waals surface area contributed by atoms with Crippen LogP contribution in [0.4, 0.5) is 0 Å². The van der Waals surface area contributed by atoms with Gasteiger partial charge in [-0.15, -0.1) is 0 Å². The number of aryl methyl sites for hydroxylation is 1. The van der Waals surface area contributed by atoms with Gasteiger partial charge in [-0.1, -0.05) is 51.6 Å². The fourth-order valence-electron chi connectivity index (χ4n) is 3.56. The molecule has 0 radical (unpaired) electrons. The minimum atomic E-state index is -0.969. The third kappa shape index (κ3) is 3.87. The van der Waals surface area contributed by atoms with Crippen LogP contribution >= 0.6 is 11.8 Å². The van der Waals surface area contributed by atoms with Crippen LogP contribution in [0, 0.1) is 6.92 Å². The van der Waals surface area contributed by atoms with Crippen molar-refractivity contribution in [1.82, 2.24) is 0 Å². The molecule has 24 heavy (non-hydrogen) atoms. The van der Waals surface area contributed by atoms with Crippen molar-refractivity contribution in [2.24, 2.45) is 0 Å². The summed E-state index contributed by atoms with van der Waals surface area (Å²) < 4.78 is 0. The summed E-state index contributed by atoms with van der Waals surface area (Å²) >= 11 is 1.05. The molecule has 0 fully saturated rings. The zero-order valence-electron chi connectivity index (χ0n) is 15.6. The summed E-state index contributed by atoms with van der Waals surface area (Å²) in [6, 6.07) is 4.26. The molecule has 0 aromatic heterocycles. The maximum Gasteiger partial charge on any atom is 0.185 e. The zero-order chi connectivity index (χ0) is 18.3. The second kappa shape index (κ2) is 6.81. The summed E-state index contributed by atoms with van der Waals surface area (Å²) in [7, 11) is 0. The van der Waals surface area contributed by atoms with E-state index in [9.17, 15) is 15.0 Å². The molecule has 1 aromatic carbocycles. The standard InChI is InChI=1S/C20H30O3S/c1-12-9-15-16(20(5,6)8-7-19(15,3)4)10-14(12)18(23)17(22)11-24-13(2)21/h9-10,17-18,22-23H,7-8,11H2,1-6H3. The van der Waals surface area contributed by atoms with Gasteiger partial charge in [0.25, 0.3) is 0 Å². The van der Waals surface area contributed by atoms with Crippen LogP contribution in [0.25, 0.3) is 0 Å². The molecule has 1 aliphatic rings. The van der Waals surface area contributed by atoms with E-state index in [1.54, 1.807) is 0 Å². The molecule has 2 atom stereocenters. The Morgan fingerprint density at radius 3 is 2.12 bits per heavy atom. The van der Waals surface area contributed by atoms with Crippen molar-refractivity contribution in [3.63, 3.8) is 0 Å². The smallest absolute Gasteiger partial charge is 0.185 e. The molecule has 2 unspecified atom stereocenters. The first kappa shape index (κ1) is 19.5. The first-order chi connectivity index (χ1) is 11.0. The largest absolute Gasteiger partial charge is 0.389 e. The van der Waals surface area contributed by atoms with Gasteiger partial charge in [0.2, 0.25) is 0 Å². The maximum atomic E-state index is 11.1. The molecule has 1 aromatic rings. The van der Waals surface area contributed by atoms with Gasteiger partial charge in [0.1, 0.15) is 6.10 Å². The van der Waals surface area contributed by atoms with Gasteiger partial charge in [0, 0.05) is 12.7 Å². The summed E-state index contributed by atoms with van der Waals surface area (Å²) in [5.74, 6) is 0.210. The predicted octanol–water partition coefficient (Wildman–Crippen LogP) is 4.02. The van der Waals surface area contributed by atoms with E-state index in [4.69, 9.17) is 0 Å². The molecule has 2 rings (SSSR count). The van der Waals surface area contributed by atoms with E-state index in [0.717, 1.165) is 35.7 Å². The Bertz CT molecular complexity index is 634. The highest BCUT2D eigenvalue weighted by molar-refractivity contribution is 8.13. The molecule has 134 valence electrons. The number of thioether (sulfide) groups is 1. The number of rotatable bonds is 4. The third-order valence-corrected chi connectivity index (χ3v) is 6.29. The van der Waals surface area contributed by atoms with Crippen molar-refractivity contribution < 1.29 is 15.0 Å². The van der Waals surface area contributed by atoms with Gasteiger partial charge in [0.15, 0.2) is 5.12 Å². The number of aliphatic hydroxyl groups is 2. The molecule has 0 saturated carbocycles. The Morgan fingerprint density at radius 1 is 1.12 bits per heavy atom. The van der Waals surface area contributed by atoms with Gasteiger partial charge >= 0.3 is 0 Å². The fourth-order valence-corrected chi connectivity index (χ4v) is 4.15. The van der Waals surface area contributed by atoms with Crippen molar-refractivity contribution in [3.05, 3.63) is 34.4 Å². The highest BCUT2D eigenvalue weighted by Gasteiger charge is 2.38. The molecule has 3 nitrogen and oxygen atoms in total. The molecule has 4 heteroatoms. The van der Waals surface area contributed by atoms with Crippen molar-refractivity contribution in [1.29, 1.82) is 0 Å². The molecule has 0 aliphatic heterocycles. The molecular weight excluding hydrogens is 320 g/mol. The van der Waals surface area contributed by atoms with E-state index >= 15 is 0 Å². The van der Waals surface area contributed by atoms with E-state index in [-0.39, 0.29) is 21.7 Å². The summed E-state index contributed by atoms with van der Waals surface area (Å²) in [5.41, 5.74) is 4.58. The molecule has 2 N–H and O–H groups in total. The second-order valence-corrected chi connectivity index (χ2v) is 9.53. The molecule has 0 spiro atoms. The highest BCUT2D eigenvalue weighted by atomic mass is 32.2. The normalized spacial score (nSPS) is 21.0. The Balaban J connectivity index is 2.41. The minimum absolute atomic E-state index is 0.0497. The highest BCUT2D eigenvalue weighted by Crippen LogP contribution is 2.47. The molecule has 0 heterocycles. The van der Waals surface area contributed by atoms with Gasteiger partial charge in [-0.2, -0.15) is 0 Å². The Morgan fingerprint density at radius 2 is 1.62 bits per heavy atom. The molecular formula is C20H30O3S.